The van der Waals surface area contributed by atoms with Gasteiger partial charge in [0, 0.05) is 25.2 Å². The molecule has 108 valence electrons. The molecule has 0 spiro atoms. The molecule has 2 aliphatic rings. The van der Waals surface area contributed by atoms with E-state index in [9.17, 15) is 9.59 Å². The van der Waals surface area contributed by atoms with Gasteiger partial charge in [0.2, 0.25) is 0 Å². The largest absolute Gasteiger partial charge is 0.447 e. The minimum atomic E-state index is -0.281. The first kappa shape index (κ1) is 12.1. The monoisotopic (exact) mass is 287 g/mol. The Morgan fingerprint density at radius 3 is 3.05 bits per heavy atom. The lowest BCUT2D eigenvalue weighted by Crippen LogP contribution is -2.53. The predicted molar refractivity (Wildman–Crippen MR) is 71.6 cm³/mol. The number of cyclic esters (lactones) is 1. The molecule has 21 heavy (non-hydrogen) atoms. The van der Waals surface area contributed by atoms with Crippen LogP contribution in [0.25, 0.3) is 11.0 Å². The Bertz CT molecular complexity index is 727. The summed E-state index contributed by atoms with van der Waals surface area (Å²) in [7, 11) is 0. The maximum atomic E-state index is 12.6. The van der Waals surface area contributed by atoms with E-state index >= 15 is 0 Å². The van der Waals surface area contributed by atoms with Gasteiger partial charge in [0.15, 0.2) is 0 Å². The van der Waals surface area contributed by atoms with Crippen molar-refractivity contribution < 1.29 is 14.3 Å². The molecule has 2 amide bonds. The van der Waals surface area contributed by atoms with Crippen molar-refractivity contribution in [3.63, 3.8) is 0 Å². The first-order valence-corrected chi connectivity index (χ1v) is 6.75. The predicted octanol–water partition coefficient (Wildman–Crippen LogP) is 0.234. The smallest absolute Gasteiger partial charge is 0.410 e. The number of benzene rings is 1. The molecule has 2 aromatic rings. The number of aromatic amines is 1. The highest BCUT2D eigenvalue weighted by molar-refractivity contribution is 5.97. The molecular weight excluding hydrogens is 274 g/mol. The minimum absolute atomic E-state index is 0.0361. The van der Waals surface area contributed by atoms with Crippen LogP contribution in [0.2, 0.25) is 0 Å². The maximum absolute atomic E-state index is 12.6. The summed E-state index contributed by atoms with van der Waals surface area (Å²) in [6.45, 7) is 1.88. The molecule has 0 bridgehead atoms. The molecule has 2 fully saturated rings. The van der Waals surface area contributed by atoms with Crippen molar-refractivity contribution in [1.82, 2.24) is 25.2 Å². The first-order valence-electron chi connectivity index (χ1n) is 6.75. The van der Waals surface area contributed by atoms with Crippen molar-refractivity contribution in [2.24, 2.45) is 0 Å². The second-order valence-corrected chi connectivity index (χ2v) is 5.20. The van der Waals surface area contributed by atoms with Crippen LogP contribution < -0.4 is 0 Å². The zero-order chi connectivity index (χ0) is 14.4. The number of carbonyl (C=O) groups is 2. The number of rotatable bonds is 1. The second-order valence-electron chi connectivity index (χ2n) is 5.20. The van der Waals surface area contributed by atoms with E-state index < -0.39 is 0 Å². The second kappa shape index (κ2) is 4.44. The number of amides is 2. The fraction of sp³-hybridized carbons (Fsp3) is 0.385. The summed E-state index contributed by atoms with van der Waals surface area (Å²) in [5.41, 5.74) is 1.97. The van der Waals surface area contributed by atoms with Crippen LogP contribution >= 0.6 is 0 Å². The van der Waals surface area contributed by atoms with Crippen LogP contribution in [0.5, 0.6) is 0 Å². The van der Waals surface area contributed by atoms with Crippen LogP contribution in [0.1, 0.15) is 10.4 Å². The Morgan fingerprint density at radius 1 is 1.29 bits per heavy atom. The Morgan fingerprint density at radius 2 is 2.14 bits per heavy atom. The van der Waals surface area contributed by atoms with Crippen molar-refractivity contribution in [2.45, 2.75) is 6.04 Å². The molecular formula is C13H13N5O3. The Kier molecular flexibility index (Phi) is 2.56. The lowest BCUT2D eigenvalue weighted by molar-refractivity contribution is 0.0617. The maximum Gasteiger partial charge on any atom is 0.410 e. The summed E-state index contributed by atoms with van der Waals surface area (Å²) >= 11 is 0. The summed E-state index contributed by atoms with van der Waals surface area (Å²) in [5.74, 6) is -0.0566. The highest BCUT2D eigenvalue weighted by Crippen LogP contribution is 2.20. The van der Waals surface area contributed by atoms with E-state index in [1.807, 2.05) is 0 Å². The Labute approximate surface area is 119 Å². The first-order chi connectivity index (χ1) is 10.2. The summed E-state index contributed by atoms with van der Waals surface area (Å²) < 4.78 is 5.01. The van der Waals surface area contributed by atoms with Gasteiger partial charge in [-0.3, -0.25) is 9.69 Å². The molecule has 4 rings (SSSR count). The summed E-state index contributed by atoms with van der Waals surface area (Å²) in [4.78, 5) is 27.5. The van der Waals surface area contributed by atoms with Gasteiger partial charge in [0.1, 0.15) is 17.6 Å². The van der Waals surface area contributed by atoms with E-state index in [1.54, 1.807) is 28.0 Å². The number of nitrogens with zero attached hydrogens (tertiary/aromatic N) is 4. The van der Waals surface area contributed by atoms with Gasteiger partial charge in [-0.15, -0.1) is 0 Å². The number of piperazine rings is 1. The number of hydrogen-bond donors (Lipinski definition) is 1. The van der Waals surface area contributed by atoms with E-state index in [2.05, 4.69) is 15.4 Å². The van der Waals surface area contributed by atoms with Gasteiger partial charge in [0.25, 0.3) is 5.91 Å². The highest BCUT2D eigenvalue weighted by Gasteiger charge is 2.38. The van der Waals surface area contributed by atoms with Crippen LogP contribution in [-0.2, 0) is 4.74 Å². The van der Waals surface area contributed by atoms with E-state index in [4.69, 9.17) is 4.74 Å². The van der Waals surface area contributed by atoms with Gasteiger partial charge in [-0.1, -0.05) is 0 Å². The lowest BCUT2D eigenvalue weighted by atomic mass is 10.1. The number of fused-ring (bicyclic) bond motifs is 2. The van der Waals surface area contributed by atoms with Crippen molar-refractivity contribution in [3.05, 3.63) is 23.8 Å². The van der Waals surface area contributed by atoms with E-state index in [1.165, 1.54) is 0 Å². The van der Waals surface area contributed by atoms with Gasteiger partial charge < -0.3 is 9.64 Å². The van der Waals surface area contributed by atoms with Crippen LogP contribution in [0.3, 0.4) is 0 Å². The number of nitrogens with one attached hydrogen (secondary N) is 1. The van der Waals surface area contributed by atoms with E-state index in [0.717, 1.165) is 5.52 Å². The molecule has 0 unspecified atom stereocenters. The van der Waals surface area contributed by atoms with Crippen LogP contribution in [-0.4, -0.2) is 69.5 Å². The topological polar surface area (TPSA) is 91.4 Å². The number of ether oxygens (including phenoxy) is 1. The molecule has 0 aliphatic carbocycles. The third-order valence-electron chi connectivity index (χ3n) is 3.97. The van der Waals surface area contributed by atoms with Gasteiger partial charge >= 0.3 is 6.09 Å². The number of aromatic nitrogens is 3. The molecule has 2 saturated heterocycles. The summed E-state index contributed by atoms with van der Waals surface area (Å²) in [6.07, 6.45) is -0.281. The summed E-state index contributed by atoms with van der Waals surface area (Å²) in [5, 5.41) is 10.5. The molecule has 2 aliphatic heterocycles. The number of hydrogen-bond acceptors (Lipinski definition) is 5. The molecule has 0 saturated carbocycles. The third kappa shape index (κ3) is 1.91. The van der Waals surface area contributed by atoms with Crippen LogP contribution in [0.15, 0.2) is 18.2 Å². The van der Waals surface area contributed by atoms with Gasteiger partial charge in [-0.25, -0.2) is 4.79 Å². The molecule has 1 aromatic carbocycles. The normalized spacial score (nSPS) is 21.5. The van der Waals surface area contributed by atoms with Crippen molar-refractivity contribution >= 4 is 23.0 Å². The molecule has 1 aromatic heterocycles. The van der Waals surface area contributed by atoms with Crippen molar-refractivity contribution in [2.75, 3.05) is 26.2 Å². The SMILES string of the molecule is O=C(c1ccc2n[nH]nc2c1)N1CCN2C(=O)OC[C@H]2C1. The van der Waals surface area contributed by atoms with Gasteiger partial charge in [-0.2, -0.15) is 15.4 Å². The van der Waals surface area contributed by atoms with Crippen molar-refractivity contribution in [1.29, 1.82) is 0 Å². The zero-order valence-corrected chi connectivity index (χ0v) is 11.2. The highest BCUT2D eigenvalue weighted by atomic mass is 16.6. The Hall–Kier alpha value is -2.64. The lowest BCUT2D eigenvalue weighted by Gasteiger charge is -2.35. The van der Waals surface area contributed by atoms with Crippen LogP contribution in [0, 0.1) is 0 Å². The number of H-pyrrole nitrogens is 1. The fourth-order valence-electron chi connectivity index (χ4n) is 2.83. The van der Waals surface area contributed by atoms with Crippen molar-refractivity contribution in [3.8, 4) is 0 Å². The molecule has 1 atom stereocenters. The van der Waals surface area contributed by atoms with E-state index in [-0.39, 0.29) is 18.0 Å². The third-order valence-corrected chi connectivity index (χ3v) is 3.97. The zero-order valence-electron chi connectivity index (χ0n) is 11.2. The quantitative estimate of drug-likeness (QED) is 0.811. The van der Waals surface area contributed by atoms with Gasteiger partial charge in [-0.05, 0) is 18.2 Å². The molecule has 1 N–H and O–H groups in total. The standard InChI is InChI=1S/C13H13N5O3/c19-12(8-1-2-10-11(5-8)15-16-14-10)17-3-4-18-9(6-17)7-21-13(18)20/h1-2,5,9H,3-4,6-7H2,(H,14,15,16)/t9-/m1/s1. The number of carbonyl (C=O) groups excluding carboxylic acids is 2. The average Bonchev–Trinajstić information content (AvgIpc) is 3.12. The molecule has 0 radical (unpaired) electrons. The average molecular weight is 287 g/mol. The molecule has 3 heterocycles. The Balaban J connectivity index is 1.56. The molecule has 8 nitrogen and oxygen atoms in total. The van der Waals surface area contributed by atoms with E-state index in [0.29, 0.717) is 37.3 Å². The fourth-order valence-corrected chi connectivity index (χ4v) is 2.83. The molecule has 8 heteroatoms. The van der Waals surface area contributed by atoms with Crippen LogP contribution in [0.4, 0.5) is 4.79 Å². The van der Waals surface area contributed by atoms with Gasteiger partial charge in [0.05, 0.1) is 6.04 Å². The minimum Gasteiger partial charge on any atom is -0.447 e. The summed E-state index contributed by atoms with van der Waals surface area (Å²) in [6, 6.07) is 5.20.